The minimum atomic E-state index is -1.17. The number of benzene rings is 1. The second-order valence-electron chi connectivity index (χ2n) is 5.86. The van der Waals surface area contributed by atoms with Gasteiger partial charge in [0.25, 0.3) is 17.7 Å². The van der Waals surface area contributed by atoms with E-state index in [-0.39, 0.29) is 11.1 Å². The van der Waals surface area contributed by atoms with Gasteiger partial charge in [0.15, 0.2) is 12.1 Å². The minimum Gasteiger partial charge on any atom is -0.467 e. The van der Waals surface area contributed by atoms with Crippen LogP contribution in [-0.4, -0.2) is 58.2 Å². The third-order valence-electron chi connectivity index (χ3n) is 4.31. The van der Waals surface area contributed by atoms with Crippen molar-refractivity contribution >= 4 is 35.3 Å². The number of nitrogens with zero attached hydrogens (tertiary/aromatic N) is 2. The number of methoxy groups -OCH3 is 1. The fraction of sp³-hybridized carbons (Fsp3) is 0.294. The van der Waals surface area contributed by atoms with Crippen molar-refractivity contribution in [2.75, 3.05) is 7.11 Å². The van der Waals surface area contributed by atoms with Gasteiger partial charge < -0.3 is 9.64 Å². The molecule has 3 rings (SSSR count). The summed E-state index contributed by atoms with van der Waals surface area (Å²) in [6.07, 6.45) is 0. The summed E-state index contributed by atoms with van der Waals surface area (Å²) in [6.45, 7) is 5.24. The van der Waals surface area contributed by atoms with Gasteiger partial charge in [-0.05, 0) is 24.6 Å². The zero-order chi connectivity index (χ0) is 18.5. The Bertz CT molecular complexity index is 786. The van der Waals surface area contributed by atoms with Gasteiger partial charge in [-0.2, -0.15) is 0 Å². The van der Waals surface area contributed by atoms with Crippen LogP contribution in [0.5, 0.6) is 0 Å². The molecule has 0 N–H and O–H groups in total. The van der Waals surface area contributed by atoms with Crippen LogP contribution in [0.3, 0.4) is 0 Å². The summed E-state index contributed by atoms with van der Waals surface area (Å²) in [5.41, 5.74) is -0.221. The predicted molar refractivity (Wildman–Crippen MR) is 87.8 cm³/mol. The number of hydrogen-bond acceptors (Lipinski definition) is 5. The highest BCUT2D eigenvalue weighted by Gasteiger charge is 2.58. The molecule has 25 heavy (non-hydrogen) atoms. The van der Waals surface area contributed by atoms with Crippen molar-refractivity contribution in [1.29, 1.82) is 0 Å². The molecule has 1 unspecified atom stereocenters. The first-order valence-electron chi connectivity index (χ1n) is 7.47. The smallest absolute Gasteiger partial charge is 0.332 e. The second-order valence-corrected chi connectivity index (χ2v) is 6.31. The molecular formula is C17H15ClN2O5. The van der Waals surface area contributed by atoms with Crippen molar-refractivity contribution in [1.82, 2.24) is 9.80 Å². The van der Waals surface area contributed by atoms with Gasteiger partial charge in [-0.25, -0.2) is 4.79 Å². The number of ether oxygens (including phenoxy) is 1. The summed E-state index contributed by atoms with van der Waals surface area (Å²) in [5, 5.41) is 0. The highest BCUT2D eigenvalue weighted by Crippen LogP contribution is 2.36. The SMILES string of the molecule is C=C(C)C(C(=O)OC)N1C(=O)[C@H](N2C(=O)c3ccccc3C2=O)[C@@H]1Cl. The number of carbonyl (C=O) groups excluding carboxylic acids is 4. The van der Waals surface area contributed by atoms with Gasteiger partial charge >= 0.3 is 5.97 Å². The van der Waals surface area contributed by atoms with E-state index in [0.29, 0.717) is 5.57 Å². The Labute approximate surface area is 148 Å². The van der Waals surface area contributed by atoms with E-state index in [1.165, 1.54) is 19.2 Å². The first-order chi connectivity index (χ1) is 11.8. The van der Waals surface area contributed by atoms with Gasteiger partial charge in [-0.15, -0.1) is 0 Å². The van der Waals surface area contributed by atoms with E-state index in [1.54, 1.807) is 19.1 Å². The molecule has 0 radical (unpaired) electrons. The second kappa shape index (κ2) is 6.00. The lowest BCUT2D eigenvalue weighted by Crippen LogP contribution is -2.73. The number of esters is 1. The third kappa shape index (κ3) is 2.34. The average Bonchev–Trinajstić information content (AvgIpc) is 2.84. The fourth-order valence-corrected chi connectivity index (χ4v) is 3.52. The van der Waals surface area contributed by atoms with Crippen molar-refractivity contribution in [2.24, 2.45) is 0 Å². The van der Waals surface area contributed by atoms with Crippen LogP contribution in [0.4, 0.5) is 0 Å². The predicted octanol–water partition coefficient (Wildman–Crippen LogP) is 1.18. The van der Waals surface area contributed by atoms with Crippen molar-refractivity contribution in [2.45, 2.75) is 24.5 Å². The largest absolute Gasteiger partial charge is 0.467 e. The van der Waals surface area contributed by atoms with E-state index in [9.17, 15) is 19.2 Å². The van der Waals surface area contributed by atoms with Crippen LogP contribution in [0.1, 0.15) is 27.6 Å². The third-order valence-corrected chi connectivity index (χ3v) is 4.76. The number of fused-ring (bicyclic) bond motifs is 1. The normalized spacial score (nSPS) is 23.2. The molecular weight excluding hydrogens is 348 g/mol. The molecule has 1 fully saturated rings. The molecule has 0 aromatic heterocycles. The van der Waals surface area contributed by atoms with E-state index < -0.39 is 41.3 Å². The van der Waals surface area contributed by atoms with Gasteiger partial charge in [0.2, 0.25) is 0 Å². The maximum absolute atomic E-state index is 12.6. The van der Waals surface area contributed by atoms with Crippen LogP contribution >= 0.6 is 11.6 Å². The van der Waals surface area contributed by atoms with E-state index >= 15 is 0 Å². The Kier molecular flexibility index (Phi) is 4.12. The van der Waals surface area contributed by atoms with Crippen LogP contribution in [0.15, 0.2) is 36.4 Å². The first-order valence-corrected chi connectivity index (χ1v) is 7.91. The Hall–Kier alpha value is -2.67. The zero-order valence-corrected chi connectivity index (χ0v) is 14.3. The zero-order valence-electron chi connectivity index (χ0n) is 13.6. The highest BCUT2D eigenvalue weighted by molar-refractivity contribution is 6.30. The van der Waals surface area contributed by atoms with Crippen LogP contribution in [-0.2, 0) is 14.3 Å². The maximum atomic E-state index is 12.6. The summed E-state index contributed by atoms with van der Waals surface area (Å²) >= 11 is 6.28. The minimum absolute atomic E-state index is 0.229. The van der Waals surface area contributed by atoms with Crippen molar-refractivity contribution in [3.8, 4) is 0 Å². The van der Waals surface area contributed by atoms with E-state index in [0.717, 1.165) is 9.80 Å². The summed E-state index contributed by atoms with van der Waals surface area (Å²) in [7, 11) is 1.19. The molecule has 0 saturated carbocycles. The number of rotatable bonds is 4. The van der Waals surface area contributed by atoms with Crippen LogP contribution in [0, 0.1) is 0 Å². The molecule has 2 aliphatic rings. The molecule has 8 heteroatoms. The Morgan fingerprint density at radius 1 is 1.20 bits per heavy atom. The number of carbonyl (C=O) groups is 4. The summed E-state index contributed by atoms with van der Waals surface area (Å²) in [4.78, 5) is 51.5. The quantitative estimate of drug-likeness (QED) is 0.200. The molecule has 2 aliphatic heterocycles. The molecule has 0 spiro atoms. The summed E-state index contributed by atoms with van der Waals surface area (Å²) < 4.78 is 4.68. The molecule has 1 aromatic carbocycles. The van der Waals surface area contributed by atoms with Gasteiger partial charge in [0.05, 0.1) is 18.2 Å². The Morgan fingerprint density at radius 2 is 1.72 bits per heavy atom. The number of alkyl halides is 1. The average molecular weight is 363 g/mol. The van der Waals surface area contributed by atoms with Gasteiger partial charge in [-0.1, -0.05) is 30.3 Å². The number of halogens is 1. The number of imide groups is 1. The van der Waals surface area contributed by atoms with E-state index in [2.05, 4.69) is 11.3 Å². The monoisotopic (exact) mass is 362 g/mol. The number of β-lactam (4-membered cyclic amide) rings is 1. The van der Waals surface area contributed by atoms with Crippen LogP contribution < -0.4 is 0 Å². The number of amides is 3. The molecule has 2 heterocycles. The molecule has 1 saturated heterocycles. The van der Waals surface area contributed by atoms with Crippen molar-refractivity contribution in [3.63, 3.8) is 0 Å². The molecule has 7 nitrogen and oxygen atoms in total. The van der Waals surface area contributed by atoms with Gasteiger partial charge in [0.1, 0.15) is 5.50 Å². The van der Waals surface area contributed by atoms with Gasteiger partial charge in [0, 0.05) is 0 Å². The molecule has 130 valence electrons. The lowest BCUT2D eigenvalue weighted by atomic mass is 9.98. The molecule has 0 aliphatic carbocycles. The van der Waals surface area contributed by atoms with Gasteiger partial charge in [-0.3, -0.25) is 19.3 Å². The summed E-state index contributed by atoms with van der Waals surface area (Å²) in [5.74, 6) is -2.44. The van der Waals surface area contributed by atoms with Crippen LogP contribution in [0.2, 0.25) is 0 Å². The molecule has 3 amide bonds. The molecule has 1 aromatic rings. The van der Waals surface area contributed by atoms with Crippen molar-refractivity contribution in [3.05, 3.63) is 47.5 Å². The Balaban J connectivity index is 1.89. The lowest BCUT2D eigenvalue weighted by Gasteiger charge is -2.49. The van der Waals surface area contributed by atoms with Crippen LogP contribution in [0.25, 0.3) is 0 Å². The molecule has 3 atom stereocenters. The molecule has 0 bridgehead atoms. The lowest BCUT2D eigenvalue weighted by molar-refractivity contribution is -0.163. The topological polar surface area (TPSA) is 84.0 Å². The van der Waals surface area contributed by atoms with E-state index in [1.807, 2.05) is 0 Å². The van der Waals surface area contributed by atoms with E-state index in [4.69, 9.17) is 11.6 Å². The first kappa shape index (κ1) is 17.2. The number of hydrogen-bond donors (Lipinski definition) is 0. The summed E-state index contributed by atoms with van der Waals surface area (Å²) in [6, 6.07) is 4.08. The van der Waals surface area contributed by atoms with Crippen molar-refractivity contribution < 1.29 is 23.9 Å². The highest BCUT2D eigenvalue weighted by atomic mass is 35.5. The number of likely N-dealkylation sites (tertiary alicyclic amines) is 1. The Morgan fingerprint density at radius 3 is 2.12 bits per heavy atom. The standard InChI is InChI=1S/C17H15ClN2O5/c1-8(2)11(17(24)25-3)19-13(18)12(16(19)23)20-14(21)9-6-4-5-7-10(9)15(20)22/h4-7,11-13H,1H2,2-3H3/t11?,12-,13-/m1/s1. The fourth-order valence-electron chi connectivity index (χ4n) is 3.09. The maximum Gasteiger partial charge on any atom is 0.332 e.